The Hall–Kier alpha value is -3.04. The van der Waals surface area contributed by atoms with Crippen LogP contribution in [0.25, 0.3) is 27.8 Å². The number of aromatic nitrogens is 2. The van der Waals surface area contributed by atoms with Gasteiger partial charge in [-0.15, -0.1) is 0 Å². The Labute approximate surface area is 162 Å². The molecule has 2 heterocycles. The lowest BCUT2D eigenvalue weighted by Crippen LogP contribution is -1.94. The molecule has 0 aliphatic heterocycles. The van der Waals surface area contributed by atoms with Crippen LogP contribution in [-0.2, 0) is 0 Å². The Kier molecular flexibility index (Phi) is 3.95. The zero-order chi connectivity index (χ0) is 18.2. The molecule has 2 aromatic heterocycles. The van der Waals surface area contributed by atoms with Gasteiger partial charge in [0.1, 0.15) is 10.9 Å². The van der Waals surface area contributed by atoms with Gasteiger partial charge < -0.3 is 0 Å². The molecule has 2 nitrogen and oxygen atoms in total. The minimum absolute atomic E-state index is 0.990. The van der Waals surface area contributed by atoms with E-state index in [1.165, 1.54) is 21.4 Å². The van der Waals surface area contributed by atoms with Crippen molar-refractivity contribution in [3.05, 3.63) is 96.6 Å². The highest BCUT2D eigenvalue weighted by molar-refractivity contribution is 7.99. The number of benzene rings is 3. The van der Waals surface area contributed by atoms with Gasteiger partial charge in [-0.05, 0) is 36.1 Å². The van der Waals surface area contributed by atoms with E-state index in [2.05, 4.69) is 90.2 Å². The van der Waals surface area contributed by atoms with Gasteiger partial charge in [-0.3, -0.25) is 4.40 Å². The Bertz CT molecular complexity index is 1240. The van der Waals surface area contributed by atoms with Crippen molar-refractivity contribution in [2.75, 3.05) is 0 Å². The van der Waals surface area contributed by atoms with E-state index in [9.17, 15) is 0 Å². The number of fused-ring (bicyclic) bond motifs is 3. The second-order valence-electron chi connectivity index (χ2n) is 6.59. The minimum atomic E-state index is 0.990. The van der Waals surface area contributed by atoms with E-state index in [0.29, 0.717) is 0 Å². The first-order valence-corrected chi connectivity index (χ1v) is 9.82. The molecule has 0 aliphatic rings. The number of imidazole rings is 1. The number of nitrogens with zero attached hydrogens (tertiary/aromatic N) is 2. The molecule has 5 aromatic rings. The second kappa shape index (κ2) is 6.60. The molecule has 0 unspecified atom stereocenters. The molecular formula is C24H18N2S. The lowest BCUT2D eigenvalue weighted by Gasteiger charge is -2.09. The van der Waals surface area contributed by atoms with Crippen molar-refractivity contribution >= 4 is 28.2 Å². The van der Waals surface area contributed by atoms with Crippen molar-refractivity contribution < 1.29 is 0 Å². The van der Waals surface area contributed by atoms with Crippen LogP contribution < -0.4 is 0 Å². The van der Waals surface area contributed by atoms with E-state index in [1.807, 2.05) is 12.1 Å². The molecule has 0 atom stereocenters. The summed E-state index contributed by atoms with van der Waals surface area (Å²) in [4.78, 5) is 6.27. The molecule has 130 valence electrons. The third-order valence-corrected chi connectivity index (χ3v) is 5.78. The highest BCUT2D eigenvalue weighted by Gasteiger charge is 2.16. The smallest absolute Gasteiger partial charge is 0.146 e. The van der Waals surface area contributed by atoms with Gasteiger partial charge in [-0.2, -0.15) is 0 Å². The fourth-order valence-electron chi connectivity index (χ4n) is 3.53. The highest BCUT2D eigenvalue weighted by atomic mass is 32.2. The molecule has 3 heteroatoms. The van der Waals surface area contributed by atoms with E-state index in [-0.39, 0.29) is 0 Å². The van der Waals surface area contributed by atoms with Crippen LogP contribution >= 0.6 is 11.8 Å². The summed E-state index contributed by atoms with van der Waals surface area (Å²) in [5.74, 6) is 0.990. The lowest BCUT2D eigenvalue weighted by molar-refractivity contribution is 1.18. The standard InChI is InChI=1S/C24H18N2S/c1-17-9-8-12-18-15-16-21-24(27-20-13-6-3-7-14-20)25-23(26(21)22(17)18)19-10-4-2-5-11-19/h2-16H,1H3. The fraction of sp³-hybridized carbons (Fsp3) is 0.0417. The zero-order valence-corrected chi connectivity index (χ0v) is 15.8. The summed E-state index contributed by atoms with van der Waals surface area (Å²) in [6.07, 6.45) is 0. The number of hydrogen-bond donors (Lipinski definition) is 0. The summed E-state index contributed by atoms with van der Waals surface area (Å²) in [6.45, 7) is 2.17. The summed E-state index contributed by atoms with van der Waals surface area (Å²) < 4.78 is 2.31. The van der Waals surface area contributed by atoms with Crippen LogP contribution in [0.15, 0.2) is 101 Å². The summed E-state index contributed by atoms with van der Waals surface area (Å²) in [6, 6.07) is 31.7. The number of pyridine rings is 1. The van der Waals surface area contributed by atoms with Crippen LogP contribution in [0.4, 0.5) is 0 Å². The third kappa shape index (κ3) is 2.81. The van der Waals surface area contributed by atoms with Gasteiger partial charge in [0.05, 0.1) is 11.0 Å². The van der Waals surface area contributed by atoms with Crippen molar-refractivity contribution in [1.29, 1.82) is 0 Å². The molecule has 0 radical (unpaired) electrons. The molecule has 0 aliphatic carbocycles. The number of rotatable bonds is 3. The van der Waals surface area contributed by atoms with E-state index in [1.54, 1.807) is 11.8 Å². The van der Waals surface area contributed by atoms with Gasteiger partial charge in [-0.25, -0.2) is 4.98 Å². The first kappa shape index (κ1) is 16.2. The predicted octanol–water partition coefficient (Wildman–Crippen LogP) is 6.61. The molecule has 0 spiro atoms. The molecule has 0 bridgehead atoms. The van der Waals surface area contributed by atoms with E-state index < -0.39 is 0 Å². The van der Waals surface area contributed by atoms with Crippen LogP contribution in [0.1, 0.15) is 5.56 Å². The zero-order valence-electron chi connectivity index (χ0n) is 15.0. The van der Waals surface area contributed by atoms with Crippen LogP contribution in [0, 0.1) is 6.92 Å². The van der Waals surface area contributed by atoms with Crippen LogP contribution in [-0.4, -0.2) is 9.38 Å². The largest absolute Gasteiger partial charge is 0.291 e. The van der Waals surface area contributed by atoms with E-state index >= 15 is 0 Å². The number of hydrogen-bond acceptors (Lipinski definition) is 2. The monoisotopic (exact) mass is 366 g/mol. The van der Waals surface area contributed by atoms with Crippen LogP contribution in [0.2, 0.25) is 0 Å². The first-order chi connectivity index (χ1) is 13.3. The molecule has 0 amide bonds. The summed E-state index contributed by atoms with van der Waals surface area (Å²) in [7, 11) is 0. The molecule has 5 rings (SSSR count). The van der Waals surface area contributed by atoms with Gasteiger partial charge in [0.25, 0.3) is 0 Å². The van der Waals surface area contributed by atoms with Gasteiger partial charge >= 0.3 is 0 Å². The number of aryl methyl sites for hydroxylation is 1. The molecule has 0 fully saturated rings. The Morgan fingerprint density at radius 2 is 1.48 bits per heavy atom. The maximum Gasteiger partial charge on any atom is 0.146 e. The number of para-hydroxylation sites is 1. The predicted molar refractivity (Wildman–Crippen MR) is 113 cm³/mol. The summed E-state index contributed by atoms with van der Waals surface area (Å²) in [5, 5.41) is 2.26. The molecule has 3 aromatic carbocycles. The van der Waals surface area contributed by atoms with Crippen molar-refractivity contribution in [3.63, 3.8) is 0 Å². The minimum Gasteiger partial charge on any atom is -0.291 e. The first-order valence-electron chi connectivity index (χ1n) is 9.00. The Morgan fingerprint density at radius 1 is 0.741 bits per heavy atom. The topological polar surface area (TPSA) is 17.3 Å². The van der Waals surface area contributed by atoms with E-state index in [0.717, 1.165) is 21.9 Å². The Balaban J connectivity index is 1.84. The van der Waals surface area contributed by atoms with Crippen molar-refractivity contribution in [3.8, 4) is 11.4 Å². The average Bonchev–Trinajstić information content (AvgIpc) is 3.08. The quantitative estimate of drug-likeness (QED) is 0.357. The van der Waals surface area contributed by atoms with Crippen molar-refractivity contribution in [2.45, 2.75) is 16.8 Å². The average molecular weight is 366 g/mol. The molecule has 0 N–H and O–H groups in total. The van der Waals surface area contributed by atoms with Crippen molar-refractivity contribution in [2.24, 2.45) is 0 Å². The van der Waals surface area contributed by atoms with E-state index in [4.69, 9.17) is 4.98 Å². The van der Waals surface area contributed by atoms with Gasteiger partial charge in [0, 0.05) is 10.5 Å². The maximum atomic E-state index is 5.07. The van der Waals surface area contributed by atoms with Gasteiger partial charge in [0.15, 0.2) is 0 Å². The van der Waals surface area contributed by atoms with Gasteiger partial charge in [0.2, 0.25) is 0 Å². The van der Waals surface area contributed by atoms with Gasteiger partial charge in [-0.1, -0.05) is 84.6 Å². The summed E-state index contributed by atoms with van der Waals surface area (Å²) in [5.41, 5.74) is 4.75. The third-order valence-electron chi connectivity index (χ3n) is 4.78. The Morgan fingerprint density at radius 3 is 2.26 bits per heavy atom. The molecular weight excluding hydrogens is 348 g/mol. The SMILES string of the molecule is Cc1cccc2ccc3c(Sc4ccccc4)nc(-c4ccccc4)n3c12. The maximum absolute atomic E-state index is 5.07. The molecule has 0 saturated heterocycles. The molecule has 0 saturated carbocycles. The highest BCUT2D eigenvalue weighted by Crippen LogP contribution is 2.36. The molecule has 27 heavy (non-hydrogen) atoms. The second-order valence-corrected chi connectivity index (χ2v) is 7.65. The normalized spacial score (nSPS) is 11.3. The van der Waals surface area contributed by atoms with Crippen LogP contribution in [0.5, 0.6) is 0 Å². The lowest BCUT2D eigenvalue weighted by atomic mass is 10.1. The summed E-state index contributed by atoms with van der Waals surface area (Å²) >= 11 is 1.72. The van der Waals surface area contributed by atoms with Crippen molar-refractivity contribution in [1.82, 2.24) is 9.38 Å². The fourth-order valence-corrected chi connectivity index (χ4v) is 4.44. The van der Waals surface area contributed by atoms with Crippen LogP contribution in [0.3, 0.4) is 0 Å².